The van der Waals surface area contributed by atoms with E-state index in [-0.39, 0.29) is 22.9 Å². The first-order valence-corrected chi connectivity index (χ1v) is 6.65. The second-order valence-corrected chi connectivity index (χ2v) is 5.31. The molecule has 0 radical (unpaired) electrons. The Balaban J connectivity index is 2.08. The Morgan fingerprint density at radius 2 is 2.19 bits per heavy atom. The number of aliphatic carboxylic acids is 1. The van der Waals surface area contributed by atoms with Gasteiger partial charge in [-0.25, -0.2) is 9.99 Å². The van der Waals surface area contributed by atoms with Gasteiger partial charge in [0.1, 0.15) is 5.92 Å². The molecule has 7 nitrogen and oxygen atoms in total. The number of carboxylic acids is 1. The minimum absolute atomic E-state index is 0.0953. The molecule has 9 heteroatoms. The van der Waals surface area contributed by atoms with Gasteiger partial charge < -0.3 is 5.11 Å². The van der Waals surface area contributed by atoms with E-state index in [2.05, 4.69) is 15.1 Å². The van der Waals surface area contributed by atoms with Crippen molar-refractivity contribution in [1.29, 1.82) is 0 Å². The molecule has 108 valence electrons. The standard InChI is InChI=1S/C12H8Cl2N4O3/c13-6-1-7(14)9-8(2-6)16-12(17-10(9)19)18-4-5(3-15-18)11(20)21/h1-3,5H,4H2,(H,20,21)(H,16,17,19). The number of H-pyrrole nitrogens is 1. The number of anilines is 1. The number of fused-ring (bicyclic) bond motifs is 1. The number of hydrogen-bond donors (Lipinski definition) is 2. The van der Waals surface area contributed by atoms with Gasteiger partial charge in [-0.2, -0.15) is 5.10 Å². The third-order valence-corrected chi connectivity index (χ3v) is 3.55. The van der Waals surface area contributed by atoms with Crippen LogP contribution in [0.25, 0.3) is 10.9 Å². The van der Waals surface area contributed by atoms with E-state index in [1.807, 2.05) is 0 Å². The maximum atomic E-state index is 12.1. The number of aromatic nitrogens is 2. The van der Waals surface area contributed by atoms with Gasteiger partial charge in [0.2, 0.25) is 5.95 Å². The number of halogens is 2. The van der Waals surface area contributed by atoms with Gasteiger partial charge in [-0.05, 0) is 12.1 Å². The number of nitrogens with zero attached hydrogens (tertiary/aromatic N) is 3. The summed E-state index contributed by atoms with van der Waals surface area (Å²) in [6.07, 6.45) is 1.29. The van der Waals surface area contributed by atoms with Crippen molar-refractivity contribution >= 4 is 52.2 Å². The highest BCUT2D eigenvalue weighted by atomic mass is 35.5. The maximum Gasteiger partial charge on any atom is 0.313 e. The Labute approximate surface area is 127 Å². The van der Waals surface area contributed by atoms with Crippen molar-refractivity contribution in [3.05, 3.63) is 32.5 Å². The van der Waals surface area contributed by atoms with Gasteiger partial charge in [0.15, 0.2) is 0 Å². The van der Waals surface area contributed by atoms with Gasteiger partial charge in [-0.1, -0.05) is 23.2 Å². The first-order valence-electron chi connectivity index (χ1n) is 5.89. The van der Waals surface area contributed by atoms with E-state index in [0.717, 1.165) is 0 Å². The van der Waals surface area contributed by atoms with E-state index in [1.165, 1.54) is 23.4 Å². The molecule has 0 bridgehead atoms. The van der Waals surface area contributed by atoms with Crippen molar-refractivity contribution < 1.29 is 9.90 Å². The van der Waals surface area contributed by atoms with Gasteiger partial charge in [-0.3, -0.25) is 14.6 Å². The fraction of sp³-hybridized carbons (Fsp3) is 0.167. The second kappa shape index (κ2) is 5.01. The fourth-order valence-electron chi connectivity index (χ4n) is 2.03. The monoisotopic (exact) mass is 326 g/mol. The highest BCUT2D eigenvalue weighted by Crippen LogP contribution is 2.25. The molecular weight excluding hydrogens is 319 g/mol. The van der Waals surface area contributed by atoms with Crippen LogP contribution >= 0.6 is 23.2 Å². The van der Waals surface area contributed by atoms with Crippen molar-refractivity contribution in [2.75, 3.05) is 11.6 Å². The first-order chi connectivity index (χ1) is 9.95. The Bertz CT molecular complexity index is 833. The molecule has 2 N–H and O–H groups in total. The van der Waals surface area contributed by atoms with E-state index >= 15 is 0 Å². The summed E-state index contributed by atoms with van der Waals surface area (Å²) in [5, 5.41) is 15.0. The largest absolute Gasteiger partial charge is 0.481 e. The third-order valence-electron chi connectivity index (χ3n) is 3.03. The lowest BCUT2D eigenvalue weighted by Gasteiger charge is -2.13. The van der Waals surface area contributed by atoms with Crippen LogP contribution < -0.4 is 10.6 Å². The number of carbonyl (C=O) groups is 1. The zero-order valence-electron chi connectivity index (χ0n) is 10.4. The molecule has 21 heavy (non-hydrogen) atoms. The van der Waals surface area contributed by atoms with E-state index in [1.54, 1.807) is 0 Å². The lowest BCUT2D eigenvalue weighted by molar-refractivity contribution is -0.138. The van der Waals surface area contributed by atoms with E-state index in [4.69, 9.17) is 28.3 Å². The summed E-state index contributed by atoms with van der Waals surface area (Å²) in [7, 11) is 0. The van der Waals surface area contributed by atoms with Gasteiger partial charge >= 0.3 is 5.97 Å². The van der Waals surface area contributed by atoms with Gasteiger partial charge in [0.05, 0.1) is 22.5 Å². The number of hydrazone groups is 1. The van der Waals surface area contributed by atoms with Crippen LogP contribution in [-0.2, 0) is 4.79 Å². The number of benzene rings is 1. The quantitative estimate of drug-likeness (QED) is 0.875. The summed E-state index contributed by atoms with van der Waals surface area (Å²) < 4.78 is 0. The van der Waals surface area contributed by atoms with Crippen LogP contribution in [0.4, 0.5) is 5.95 Å². The summed E-state index contributed by atoms with van der Waals surface area (Å²) in [4.78, 5) is 29.8. The maximum absolute atomic E-state index is 12.1. The molecule has 1 aromatic carbocycles. The Morgan fingerprint density at radius 3 is 2.86 bits per heavy atom. The van der Waals surface area contributed by atoms with Gasteiger partial charge in [-0.15, -0.1) is 0 Å². The average molecular weight is 327 g/mol. The summed E-state index contributed by atoms with van der Waals surface area (Å²) in [5.74, 6) is -1.59. The third kappa shape index (κ3) is 2.45. The molecule has 1 aliphatic rings. The summed E-state index contributed by atoms with van der Waals surface area (Å²) in [6.45, 7) is 0.0953. The highest BCUT2D eigenvalue weighted by molar-refractivity contribution is 6.38. The van der Waals surface area contributed by atoms with Crippen LogP contribution in [0.3, 0.4) is 0 Å². The van der Waals surface area contributed by atoms with Crippen LogP contribution in [0.15, 0.2) is 22.0 Å². The second-order valence-electron chi connectivity index (χ2n) is 4.46. The van der Waals surface area contributed by atoms with Crippen molar-refractivity contribution in [2.24, 2.45) is 11.0 Å². The van der Waals surface area contributed by atoms with Crippen molar-refractivity contribution in [1.82, 2.24) is 9.97 Å². The molecule has 1 unspecified atom stereocenters. The SMILES string of the molecule is O=C(O)C1C=NN(c2nc3cc(Cl)cc(Cl)c3c(=O)[nH]2)C1. The molecule has 2 heterocycles. The minimum atomic E-state index is -0.990. The average Bonchev–Trinajstić information content (AvgIpc) is 2.86. The predicted molar refractivity (Wildman–Crippen MR) is 79.3 cm³/mol. The molecule has 0 fully saturated rings. The van der Waals surface area contributed by atoms with Crippen molar-refractivity contribution in [3.8, 4) is 0 Å². The molecule has 1 atom stereocenters. The molecule has 0 spiro atoms. The Hall–Kier alpha value is -2.12. The van der Waals surface area contributed by atoms with E-state index in [0.29, 0.717) is 10.5 Å². The number of aromatic amines is 1. The Morgan fingerprint density at radius 1 is 1.43 bits per heavy atom. The molecule has 0 amide bonds. The number of carboxylic acid groups (broad SMARTS) is 1. The van der Waals surface area contributed by atoms with Crippen molar-refractivity contribution in [2.45, 2.75) is 0 Å². The van der Waals surface area contributed by atoms with Crippen LogP contribution in [0.5, 0.6) is 0 Å². The van der Waals surface area contributed by atoms with Gasteiger partial charge in [0.25, 0.3) is 5.56 Å². The number of hydrogen-bond acceptors (Lipinski definition) is 5. The molecule has 0 saturated heterocycles. The molecule has 1 aliphatic heterocycles. The molecule has 3 rings (SSSR count). The summed E-state index contributed by atoms with van der Waals surface area (Å²) >= 11 is 11.9. The molecule has 1 aromatic heterocycles. The zero-order chi connectivity index (χ0) is 15.1. The number of nitrogens with one attached hydrogen (secondary N) is 1. The number of rotatable bonds is 2. The predicted octanol–water partition coefficient (Wildman–Crippen LogP) is 1.74. The zero-order valence-corrected chi connectivity index (χ0v) is 11.9. The van der Waals surface area contributed by atoms with Crippen LogP contribution in [0.2, 0.25) is 10.0 Å². The lowest BCUT2D eigenvalue weighted by atomic mass is 10.2. The molecule has 2 aromatic rings. The van der Waals surface area contributed by atoms with E-state index < -0.39 is 17.4 Å². The minimum Gasteiger partial charge on any atom is -0.481 e. The summed E-state index contributed by atoms with van der Waals surface area (Å²) in [5.41, 5.74) is -0.120. The van der Waals surface area contributed by atoms with Crippen molar-refractivity contribution in [3.63, 3.8) is 0 Å². The normalized spacial score (nSPS) is 17.6. The molecule has 0 saturated carbocycles. The Kier molecular flexibility index (Phi) is 3.30. The topological polar surface area (TPSA) is 98.6 Å². The van der Waals surface area contributed by atoms with Crippen LogP contribution in [0.1, 0.15) is 0 Å². The summed E-state index contributed by atoms with van der Waals surface area (Å²) in [6, 6.07) is 2.96. The fourth-order valence-corrected chi connectivity index (χ4v) is 2.59. The van der Waals surface area contributed by atoms with Crippen LogP contribution in [0, 0.1) is 5.92 Å². The molecule has 0 aliphatic carbocycles. The smallest absolute Gasteiger partial charge is 0.313 e. The van der Waals surface area contributed by atoms with Crippen LogP contribution in [-0.4, -0.2) is 33.8 Å². The lowest BCUT2D eigenvalue weighted by Crippen LogP contribution is -2.26. The first kappa shape index (κ1) is 13.8. The molecular formula is C12H8Cl2N4O3. The highest BCUT2D eigenvalue weighted by Gasteiger charge is 2.26. The van der Waals surface area contributed by atoms with Gasteiger partial charge in [0, 0.05) is 11.2 Å². The van der Waals surface area contributed by atoms with E-state index in [9.17, 15) is 9.59 Å².